The van der Waals surface area contributed by atoms with Gasteiger partial charge in [-0.2, -0.15) is 0 Å². The number of amides is 1. The normalized spacial score (nSPS) is 11.1. The molecule has 9 heteroatoms. The van der Waals surface area contributed by atoms with Gasteiger partial charge in [-0.05, 0) is 20.8 Å². The molecule has 1 amide bonds. The lowest BCUT2D eigenvalue weighted by Crippen LogP contribution is -2.28. The molecule has 0 aromatic carbocycles. The fourth-order valence-corrected chi connectivity index (χ4v) is 1.71. The first-order valence-electron chi connectivity index (χ1n) is 5.30. The number of carbonyl (C=O) groups is 2. The maximum Gasteiger partial charge on any atom is 0.412 e. The average Bonchev–Trinajstić information content (AvgIpc) is 2.22. The summed E-state index contributed by atoms with van der Waals surface area (Å²) in [6.45, 7) is 4.77. The van der Waals surface area contributed by atoms with Crippen molar-refractivity contribution in [2.45, 2.75) is 26.4 Å². The number of hydrogen-bond donors (Lipinski definition) is 2. The van der Waals surface area contributed by atoms with Gasteiger partial charge in [-0.15, -0.1) is 0 Å². The van der Waals surface area contributed by atoms with Gasteiger partial charge in [-0.1, -0.05) is 23.2 Å². The monoisotopic (exact) mass is 324 g/mol. The number of rotatable bonds is 2. The van der Waals surface area contributed by atoms with Gasteiger partial charge in [-0.25, -0.2) is 19.0 Å². The number of aromatic carboxylic acids is 1. The highest BCUT2D eigenvalue weighted by Gasteiger charge is 2.26. The number of carbonyl (C=O) groups excluding carboxylic acids is 1. The predicted molar refractivity (Wildman–Crippen MR) is 71.0 cm³/mol. The highest BCUT2D eigenvalue weighted by Crippen LogP contribution is 2.30. The summed E-state index contributed by atoms with van der Waals surface area (Å²) in [6, 6.07) is 0. The van der Waals surface area contributed by atoms with E-state index in [1.54, 1.807) is 20.8 Å². The summed E-state index contributed by atoms with van der Waals surface area (Å²) < 4.78 is 18.7. The fraction of sp³-hybridized carbons (Fsp3) is 0.364. The number of hydrogen-bond acceptors (Lipinski definition) is 4. The molecular formula is C11H11Cl2FN2O4. The zero-order valence-electron chi connectivity index (χ0n) is 10.8. The molecule has 0 radical (unpaired) electrons. The van der Waals surface area contributed by atoms with E-state index in [0.29, 0.717) is 0 Å². The van der Waals surface area contributed by atoms with Gasteiger partial charge in [0.2, 0.25) is 0 Å². The fourth-order valence-electron chi connectivity index (χ4n) is 1.23. The van der Waals surface area contributed by atoms with Gasteiger partial charge < -0.3 is 9.84 Å². The van der Waals surface area contributed by atoms with Crippen LogP contribution in [0.4, 0.5) is 14.9 Å². The molecular weight excluding hydrogens is 314 g/mol. The predicted octanol–water partition coefficient (Wildman–Crippen LogP) is 3.57. The van der Waals surface area contributed by atoms with Crippen LogP contribution in [0.1, 0.15) is 31.1 Å². The maximum atomic E-state index is 13.8. The van der Waals surface area contributed by atoms with Crippen LogP contribution in [0, 0.1) is 5.82 Å². The molecule has 20 heavy (non-hydrogen) atoms. The molecule has 1 heterocycles. The molecule has 0 bridgehead atoms. The Morgan fingerprint density at radius 3 is 2.30 bits per heavy atom. The lowest BCUT2D eigenvalue weighted by atomic mass is 10.2. The van der Waals surface area contributed by atoms with Gasteiger partial charge in [0.1, 0.15) is 22.0 Å². The van der Waals surface area contributed by atoms with Crippen LogP contribution in [-0.2, 0) is 4.74 Å². The number of halogens is 3. The number of aromatic nitrogens is 1. The van der Waals surface area contributed by atoms with E-state index < -0.39 is 45.0 Å². The lowest BCUT2D eigenvalue weighted by molar-refractivity contribution is 0.0635. The number of carboxylic acids is 1. The van der Waals surface area contributed by atoms with Gasteiger partial charge in [0.25, 0.3) is 0 Å². The Balaban J connectivity index is 3.23. The van der Waals surface area contributed by atoms with E-state index >= 15 is 0 Å². The van der Waals surface area contributed by atoms with Crippen molar-refractivity contribution in [2.24, 2.45) is 0 Å². The summed E-state index contributed by atoms with van der Waals surface area (Å²) in [5, 5.41) is 9.75. The molecule has 1 aromatic rings. The molecule has 0 aliphatic rings. The molecule has 0 aliphatic heterocycles. The van der Waals surface area contributed by atoms with Crippen LogP contribution >= 0.6 is 23.2 Å². The van der Waals surface area contributed by atoms with Crippen molar-refractivity contribution in [3.8, 4) is 0 Å². The topological polar surface area (TPSA) is 88.5 Å². The number of carboxylic acid groups (broad SMARTS) is 1. The third-order valence-electron chi connectivity index (χ3n) is 1.89. The second-order valence-electron chi connectivity index (χ2n) is 4.69. The number of anilines is 1. The van der Waals surface area contributed by atoms with Crippen molar-refractivity contribution in [3.63, 3.8) is 0 Å². The Labute approximate surface area is 123 Å². The smallest absolute Gasteiger partial charge is 0.412 e. The molecule has 0 spiro atoms. The quantitative estimate of drug-likeness (QED) is 0.812. The van der Waals surface area contributed by atoms with E-state index in [0.717, 1.165) is 0 Å². The Kier molecular flexibility index (Phi) is 4.77. The van der Waals surface area contributed by atoms with Crippen molar-refractivity contribution in [2.75, 3.05) is 5.32 Å². The van der Waals surface area contributed by atoms with Crippen LogP contribution in [0.3, 0.4) is 0 Å². The first kappa shape index (κ1) is 16.5. The molecule has 0 saturated carbocycles. The first-order valence-corrected chi connectivity index (χ1v) is 6.06. The summed E-state index contributed by atoms with van der Waals surface area (Å²) in [4.78, 5) is 25.9. The summed E-state index contributed by atoms with van der Waals surface area (Å²) in [7, 11) is 0. The minimum absolute atomic E-state index is 0.546. The van der Waals surface area contributed by atoms with Crippen LogP contribution in [0.5, 0.6) is 0 Å². The lowest BCUT2D eigenvalue weighted by Gasteiger charge is -2.20. The van der Waals surface area contributed by atoms with Crippen LogP contribution in [-0.4, -0.2) is 27.8 Å². The molecule has 0 fully saturated rings. The van der Waals surface area contributed by atoms with E-state index in [-0.39, 0.29) is 0 Å². The zero-order valence-corrected chi connectivity index (χ0v) is 12.3. The zero-order chi connectivity index (χ0) is 15.7. The van der Waals surface area contributed by atoms with Gasteiger partial charge in [0.15, 0.2) is 11.0 Å². The summed E-state index contributed by atoms with van der Waals surface area (Å²) >= 11 is 11.0. The number of ether oxygens (including phenoxy) is 1. The summed E-state index contributed by atoms with van der Waals surface area (Å²) in [5.41, 5.74) is -2.25. The number of pyridine rings is 1. The second-order valence-corrected chi connectivity index (χ2v) is 5.41. The van der Waals surface area contributed by atoms with Gasteiger partial charge in [0, 0.05) is 0 Å². The molecule has 1 aromatic heterocycles. The maximum absolute atomic E-state index is 13.8. The largest absolute Gasteiger partial charge is 0.478 e. The molecule has 110 valence electrons. The molecule has 0 aliphatic carbocycles. The second kappa shape index (κ2) is 5.80. The molecule has 0 unspecified atom stereocenters. The van der Waals surface area contributed by atoms with Gasteiger partial charge in [0.05, 0.1) is 0 Å². The van der Waals surface area contributed by atoms with Gasteiger partial charge >= 0.3 is 12.1 Å². The highest BCUT2D eigenvalue weighted by molar-refractivity contribution is 6.35. The van der Waals surface area contributed by atoms with E-state index in [4.69, 9.17) is 33.0 Å². The Morgan fingerprint density at radius 1 is 1.30 bits per heavy atom. The van der Waals surface area contributed by atoms with Crippen molar-refractivity contribution in [1.29, 1.82) is 0 Å². The molecule has 0 atom stereocenters. The van der Waals surface area contributed by atoms with Crippen LogP contribution in [0.25, 0.3) is 0 Å². The summed E-state index contributed by atoms with van der Waals surface area (Å²) in [5.74, 6) is -2.77. The molecule has 6 nitrogen and oxygen atoms in total. The molecule has 1 rings (SSSR count). The van der Waals surface area contributed by atoms with Crippen molar-refractivity contribution < 1.29 is 23.8 Å². The molecule has 2 N–H and O–H groups in total. The minimum Gasteiger partial charge on any atom is -0.478 e. The highest BCUT2D eigenvalue weighted by atomic mass is 35.5. The van der Waals surface area contributed by atoms with Crippen molar-refractivity contribution in [3.05, 3.63) is 21.7 Å². The number of nitrogens with zero attached hydrogens (tertiary/aromatic N) is 1. The number of nitrogens with one attached hydrogen (secondary N) is 1. The van der Waals surface area contributed by atoms with Gasteiger partial charge in [-0.3, -0.25) is 5.32 Å². The summed E-state index contributed by atoms with van der Waals surface area (Å²) in [6.07, 6.45) is -1.04. The van der Waals surface area contributed by atoms with Crippen molar-refractivity contribution >= 4 is 41.0 Å². The molecule has 0 saturated heterocycles. The van der Waals surface area contributed by atoms with Crippen LogP contribution in [0.15, 0.2) is 0 Å². The Bertz CT molecular complexity index is 573. The third-order valence-corrected chi connectivity index (χ3v) is 2.42. The van der Waals surface area contributed by atoms with Crippen LogP contribution in [0.2, 0.25) is 10.3 Å². The standard InChI is InChI=1S/C11H11Cl2FN2O4/c1-11(2,3)20-10(19)15-6-4(9(17)18)7(12)16-8(13)5(6)14/h1-3H3,(H,17,18)(H,15,16,19). The average molecular weight is 325 g/mol. The minimum atomic E-state index is -1.57. The van der Waals surface area contributed by atoms with E-state index in [9.17, 15) is 14.0 Å². The van der Waals surface area contributed by atoms with E-state index in [2.05, 4.69) is 4.98 Å². The van der Waals surface area contributed by atoms with Crippen molar-refractivity contribution in [1.82, 2.24) is 4.98 Å². The Hall–Kier alpha value is -1.60. The van der Waals surface area contributed by atoms with Crippen LogP contribution < -0.4 is 5.32 Å². The van der Waals surface area contributed by atoms with E-state index in [1.807, 2.05) is 5.32 Å². The Morgan fingerprint density at radius 2 is 1.85 bits per heavy atom. The SMILES string of the molecule is CC(C)(C)OC(=O)Nc1c(F)c(Cl)nc(Cl)c1C(=O)O. The third kappa shape index (κ3) is 3.94. The first-order chi connectivity index (χ1) is 9.03. The van der Waals surface area contributed by atoms with E-state index in [1.165, 1.54) is 0 Å².